The molecular formula is C12H17ClN2OS. The molecule has 94 valence electrons. The average molecular weight is 273 g/mol. The standard InChI is InChI=1S/C12H16N2OS.ClH/c1-9-12(10(2)15-14-9)3-5-13-7-11-4-6-16-8-11;/h4,6,8,13H,3,5,7H2,1-2H3;1H. The Bertz CT molecular complexity index is 420. The van der Waals surface area contributed by atoms with Gasteiger partial charge in [-0.2, -0.15) is 11.3 Å². The van der Waals surface area contributed by atoms with Crippen molar-refractivity contribution in [1.82, 2.24) is 10.5 Å². The highest BCUT2D eigenvalue weighted by Crippen LogP contribution is 2.12. The molecule has 2 rings (SSSR count). The normalized spacial score (nSPS) is 10.2. The van der Waals surface area contributed by atoms with Crippen LogP contribution in [0.5, 0.6) is 0 Å². The maximum absolute atomic E-state index is 5.12. The van der Waals surface area contributed by atoms with Gasteiger partial charge in [0.25, 0.3) is 0 Å². The van der Waals surface area contributed by atoms with Crippen molar-refractivity contribution in [3.8, 4) is 0 Å². The first kappa shape index (κ1) is 14.2. The maximum atomic E-state index is 5.12. The number of aryl methyl sites for hydroxylation is 2. The van der Waals surface area contributed by atoms with Gasteiger partial charge in [-0.05, 0) is 49.2 Å². The number of aromatic nitrogens is 1. The van der Waals surface area contributed by atoms with Crippen molar-refractivity contribution in [3.63, 3.8) is 0 Å². The van der Waals surface area contributed by atoms with E-state index in [2.05, 4.69) is 27.3 Å². The van der Waals surface area contributed by atoms with E-state index in [0.717, 1.165) is 31.0 Å². The van der Waals surface area contributed by atoms with Gasteiger partial charge in [-0.1, -0.05) is 5.16 Å². The number of hydrogen-bond acceptors (Lipinski definition) is 4. The molecule has 2 aromatic rings. The van der Waals surface area contributed by atoms with E-state index in [9.17, 15) is 0 Å². The fourth-order valence-electron chi connectivity index (χ4n) is 1.70. The van der Waals surface area contributed by atoms with Gasteiger partial charge < -0.3 is 9.84 Å². The highest BCUT2D eigenvalue weighted by atomic mass is 35.5. The number of nitrogens with one attached hydrogen (secondary N) is 1. The van der Waals surface area contributed by atoms with Gasteiger partial charge in [-0.15, -0.1) is 12.4 Å². The van der Waals surface area contributed by atoms with Crippen LogP contribution in [0.15, 0.2) is 21.3 Å². The molecule has 0 aliphatic carbocycles. The summed E-state index contributed by atoms with van der Waals surface area (Å²) in [6.45, 7) is 5.85. The lowest BCUT2D eigenvalue weighted by Gasteiger charge is -2.02. The fourth-order valence-corrected chi connectivity index (χ4v) is 2.37. The van der Waals surface area contributed by atoms with Crippen LogP contribution in [0.25, 0.3) is 0 Å². The van der Waals surface area contributed by atoms with E-state index in [1.54, 1.807) is 11.3 Å². The Labute approximate surface area is 112 Å². The monoisotopic (exact) mass is 272 g/mol. The number of thiophene rings is 1. The van der Waals surface area contributed by atoms with E-state index in [4.69, 9.17) is 4.52 Å². The first-order valence-corrected chi connectivity index (χ1v) is 6.35. The molecule has 0 aromatic carbocycles. The molecule has 1 N–H and O–H groups in total. The molecule has 0 amide bonds. The van der Waals surface area contributed by atoms with Gasteiger partial charge >= 0.3 is 0 Å². The molecule has 2 heterocycles. The lowest BCUT2D eigenvalue weighted by atomic mass is 10.1. The Balaban J connectivity index is 0.00000144. The highest BCUT2D eigenvalue weighted by molar-refractivity contribution is 7.07. The molecule has 0 atom stereocenters. The lowest BCUT2D eigenvalue weighted by Crippen LogP contribution is -2.16. The molecule has 0 saturated heterocycles. The largest absolute Gasteiger partial charge is 0.361 e. The van der Waals surface area contributed by atoms with Crippen LogP contribution in [0, 0.1) is 13.8 Å². The number of nitrogens with zero attached hydrogens (tertiary/aromatic N) is 1. The second kappa shape index (κ2) is 6.79. The zero-order chi connectivity index (χ0) is 11.4. The van der Waals surface area contributed by atoms with E-state index in [1.807, 2.05) is 13.8 Å². The molecular weight excluding hydrogens is 256 g/mol. The summed E-state index contributed by atoms with van der Waals surface area (Å²) in [4.78, 5) is 0. The Morgan fingerprint density at radius 3 is 2.82 bits per heavy atom. The molecule has 0 bridgehead atoms. The summed E-state index contributed by atoms with van der Waals surface area (Å²) in [5, 5.41) is 11.6. The fraction of sp³-hybridized carbons (Fsp3) is 0.417. The summed E-state index contributed by atoms with van der Waals surface area (Å²) in [6, 6.07) is 2.15. The van der Waals surface area contributed by atoms with Crippen LogP contribution in [-0.4, -0.2) is 11.7 Å². The van der Waals surface area contributed by atoms with E-state index >= 15 is 0 Å². The molecule has 3 nitrogen and oxygen atoms in total. The Kier molecular flexibility index (Phi) is 5.68. The highest BCUT2D eigenvalue weighted by Gasteiger charge is 2.07. The van der Waals surface area contributed by atoms with Crippen LogP contribution in [-0.2, 0) is 13.0 Å². The summed E-state index contributed by atoms with van der Waals surface area (Å²) in [7, 11) is 0. The quantitative estimate of drug-likeness (QED) is 0.850. The SMILES string of the molecule is Cc1noc(C)c1CCNCc1ccsc1.Cl. The number of hydrogen-bond donors (Lipinski definition) is 1. The summed E-state index contributed by atoms with van der Waals surface area (Å²) >= 11 is 1.74. The van der Waals surface area contributed by atoms with Crippen molar-refractivity contribution >= 4 is 23.7 Å². The summed E-state index contributed by atoms with van der Waals surface area (Å²) in [5.41, 5.74) is 3.59. The minimum atomic E-state index is 0. The molecule has 0 radical (unpaired) electrons. The zero-order valence-corrected chi connectivity index (χ0v) is 11.7. The van der Waals surface area contributed by atoms with Crippen LogP contribution < -0.4 is 5.32 Å². The smallest absolute Gasteiger partial charge is 0.137 e. The van der Waals surface area contributed by atoms with Crippen LogP contribution in [0.4, 0.5) is 0 Å². The predicted molar refractivity (Wildman–Crippen MR) is 73.0 cm³/mol. The van der Waals surface area contributed by atoms with Crippen molar-refractivity contribution < 1.29 is 4.52 Å². The van der Waals surface area contributed by atoms with Crippen molar-refractivity contribution in [2.75, 3.05) is 6.54 Å². The average Bonchev–Trinajstić information content (AvgIpc) is 2.87. The van der Waals surface area contributed by atoms with Gasteiger partial charge in [0.15, 0.2) is 0 Å². The van der Waals surface area contributed by atoms with Gasteiger partial charge in [-0.25, -0.2) is 0 Å². The van der Waals surface area contributed by atoms with Crippen LogP contribution in [0.3, 0.4) is 0 Å². The summed E-state index contributed by atoms with van der Waals surface area (Å²) < 4.78 is 5.12. The van der Waals surface area contributed by atoms with Crippen LogP contribution in [0.1, 0.15) is 22.6 Å². The van der Waals surface area contributed by atoms with E-state index in [0.29, 0.717) is 0 Å². The van der Waals surface area contributed by atoms with Gasteiger partial charge in [0.2, 0.25) is 0 Å². The van der Waals surface area contributed by atoms with Crippen molar-refractivity contribution in [3.05, 3.63) is 39.4 Å². The molecule has 0 aliphatic rings. The second-order valence-electron chi connectivity index (χ2n) is 3.86. The third kappa shape index (κ3) is 3.84. The van der Waals surface area contributed by atoms with Crippen LogP contribution >= 0.6 is 23.7 Å². The zero-order valence-electron chi connectivity index (χ0n) is 10.0. The minimum absolute atomic E-state index is 0. The van der Waals surface area contributed by atoms with Crippen LogP contribution in [0.2, 0.25) is 0 Å². The molecule has 17 heavy (non-hydrogen) atoms. The van der Waals surface area contributed by atoms with Crippen molar-refractivity contribution in [2.45, 2.75) is 26.8 Å². The molecule has 0 aliphatic heterocycles. The van der Waals surface area contributed by atoms with Gasteiger partial charge in [-0.3, -0.25) is 0 Å². The molecule has 2 aromatic heterocycles. The third-order valence-corrected chi connectivity index (χ3v) is 3.37. The predicted octanol–water partition coefficient (Wildman–Crippen LogP) is 3.11. The molecule has 0 unspecified atom stereocenters. The van der Waals surface area contributed by atoms with E-state index < -0.39 is 0 Å². The molecule has 0 spiro atoms. The topological polar surface area (TPSA) is 38.1 Å². The van der Waals surface area contributed by atoms with Crippen molar-refractivity contribution in [2.24, 2.45) is 0 Å². The van der Waals surface area contributed by atoms with Gasteiger partial charge in [0, 0.05) is 12.1 Å². The number of halogens is 1. The third-order valence-electron chi connectivity index (χ3n) is 2.64. The van der Waals surface area contributed by atoms with E-state index in [-0.39, 0.29) is 12.4 Å². The van der Waals surface area contributed by atoms with Gasteiger partial charge in [0.1, 0.15) is 5.76 Å². The first-order valence-electron chi connectivity index (χ1n) is 5.41. The van der Waals surface area contributed by atoms with E-state index in [1.165, 1.54) is 11.1 Å². The maximum Gasteiger partial charge on any atom is 0.137 e. The Morgan fingerprint density at radius 2 is 2.24 bits per heavy atom. The summed E-state index contributed by atoms with van der Waals surface area (Å²) in [6.07, 6.45) is 0.977. The first-order chi connectivity index (χ1) is 7.77. The van der Waals surface area contributed by atoms with Crippen molar-refractivity contribution in [1.29, 1.82) is 0 Å². The second-order valence-corrected chi connectivity index (χ2v) is 4.64. The molecule has 0 fully saturated rings. The Morgan fingerprint density at radius 1 is 1.41 bits per heavy atom. The molecule has 0 saturated carbocycles. The van der Waals surface area contributed by atoms with Gasteiger partial charge in [0.05, 0.1) is 5.69 Å². The summed E-state index contributed by atoms with van der Waals surface area (Å²) in [5.74, 6) is 0.940. The minimum Gasteiger partial charge on any atom is -0.361 e. The molecule has 5 heteroatoms. The Hall–Kier alpha value is -0.840. The number of rotatable bonds is 5. The lowest BCUT2D eigenvalue weighted by molar-refractivity contribution is 0.392.